The van der Waals surface area contributed by atoms with Crippen molar-refractivity contribution in [1.82, 2.24) is 4.98 Å². The van der Waals surface area contributed by atoms with Gasteiger partial charge in [0, 0.05) is 33.9 Å². The van der Waals surface area contributed by atoms with Gasteiger partial charge in [0.15, 0.2) is 9.84 Å². The average Bonchev–Trinajstić information content (AvgIpc) is 2.77. The molecule has 2 aliphatic rings. The standard InChI is InChI=1S/C21H19Cl2N3O3S/c1-12-3-4-13(2)26-16-9-14(22)5-6-18(16)30(28,29)11-17(26)20(12)21(27)25-15-7-8-24-19(23)10-15/h4-10,12H,3,11H2,1-2H3,(H,24,25,27). The summed E-state index contributed by atoms with van der Waals surface area (Å²) in [5, 5.41) is 3.51. The fraction of sp³-hybridized carbons (Fsp3) is 0.238. The summed E-state index contributed by atoms with van der Waals surface area (Å²) in [6.45, 7) is 3.81. The Balaban J connectivity index is 1.89. The van der Waals surface area contributed by atoms with E-state index in [1.165, 1.54) is 12.3 Å². The van der Waals surface area contributed by atoms with Crippen molar-refractivity contribution in [2.75, 3.05) is 16.0 Å². The summed E-state index contributed by atoms with van der Waals surface area (Å²) in [7, 11) is -3.63. The highest BCUT2D eigenvalue weighted by Crippen LogP contribution is 2.43. The highest BCUT2D eigenvalue weighted by Gasteiger charge is 2.38. The van der Waals surface area contributed by atoms with Crippen LogP contribution in [-0.2, 0) is 14.6 Å². The second kappa shape index (κ2) is 7.72. The van der Waals surface area contributed by atoms with E-state index in [0.717, 1.165) is 5.70 Å². The summed E-state index contributed by atoms with van der Waals surface area (Å²) >= 11 is 12.1. The van der Waals surface area contributed by atoms with Gasteiger partial charge in [-0.05, 0) is 49.6 Å². The van der Waals surface area contributed by atoms with Crippen molar-refractivity contribution >= 4 is 50.3 Å². The van der Waals surface area contributed by atoms with Gasteiger partial charge in [-0.2, -0.15) is 0 Å². The molecule has 4 rings (SSSR count). The number of hydrogen-bond donors (Lipinski definition) is 1. The van der Waals surface area contributed by atoms with Crippen molar-refractivity contribution in [3.8, 4) is 0 Å². The molecule has 2 aromatic rings. The third kappa shape index (κ3) is 3.73. The molecule has 0 aliphatic carbocycles. The molecule has 3 heterocycles. The molecule has 0 radical (unpaired) electrons. The molecule has 9 heteroatoms. The minimum atomic E-state index is -3.63. The van der Waals surface area contributed by atoms with E-state index in [4.69, 9.17) is 23.2 Å². The number of aromatic nitrogens is 1. The number of sulfone groups is 1. The molecule has 1 atom stereocenters. The first-order valence-electron chi connectivity index (χ1n) is 9.32. The number of fused-ring (bicyclic) bond motifs is 3. The molecule has 1 amide bonds. The van der Waals surface area contributed by atoms with Crippen molar-refractivity contribution in [2.45, 2.75) is 25.2 Å². The quantitative estimate of drug-likeness (QED) is 0.645. The Morgan fingerprint density at radius 2 is 2.00 bits per heavy atom. The molecule has 0 spiro atoms. The van der Waals surface area contributed by atoms with Crippen LogP contribution < -0.4 is 10.2 Å². The maximum absolute atomic E-state index is 13.3. The fourth-order valence-electron chi connectivity index (χ4n) is 3.87. The van der Waals surface area contributed by atoms with E-state index in [2.05, 4.69) is 10.3 Å². The average molecular weight is 464 g/mol. The van der Waals surface area contributed by atoms with Crippen molar-refractivity contribution in [2.24, 2.45) is 5.92 Å². The number of nitrogens with one attached hydrogen (secondary N) is 1. The highest BCUT2D eigenvalue weighted by molar-refractivity contribution is 7.91. The van der Waals surface area contributed by atoms with Gasteiger partial charge in [0.2, 0.25) is 0 Å². The maximum Gasteiger partial charge on any atom is 0.253 e. The summed E-state index contributed by atoms with van der Waals surface area (Å²) in [4.78, 5) is 19.2. The van der Waals surface area contributed by atoms with Crippen LogP contribution in [0.4, 0.5) is 11.4 Å². The van der Waals surface area contributed by atoms with Gasteiger partial charge in [0.05, 0.1) is 16.3 Å². The highest BCUT2D eigenvalue weighted by atomic mass is 35.5. The molecule has 1 aromatic carbocycles. The van der Waals surface area contributed by atoms with E-state index in [9.17, 15) is 13.2 Å². The number of nitrogens with zero attached hydrogens (tertiary/aromatic N) is 2. The van der Waals surface area contributed by atoms with Gasteiger partial charge in [0.1, 0.15) is 5.15 Å². The number of halogens is 2. The van der Waals surface area contributed by atoms with Crippen LogP contribution in [0.3, 0.4) is 0 Å². The first-order chi connectivity index (χ1) is 14.2. The lowest BCUT2D eigenvalue weighted by Crippen LogP contribution is -2.35. The minimum Gasteiger partial charge on any atom is -0.322 e. The second-order valence-corrected chi connectivity index (χ2v) is 10.2. The molecule has 2 aliphatic heterocycles. The molecule has 156 valence electrons. The molecule has 0 saturated heterocycles. The number of anilines is 2. The Kier molecular flexibility index (Phi) is 5.38. The molecule has 6 nitrogen and oxygen atoms in total. The van der Waals surface area contributed by atoms with Crippen LogP contribution >= 0.6 is 23.2 Å². The first-order valence-corrected chi connectivity index (χ1v) is 11.7. The number of pyridine rings is 1. The zero-order valence-corrected chi connectivity index (χ0v) is 18.6. The Bertz CT molecular complexity index is 1220. The zero-order valence-electron chi connectivity index (χ0n) is 16.3. The Hall–Kier alpha value is -2.35. The van der Waals surface area contributed by atoms with Gasteiger partial charge >= 0.3 is 0 Å². The summed E-state index contributed by atoms with van der Waals surface area (Å²) < 4.78 is 26.1. The normalized spacial score (nSPS) is 20.1. The van der Waals surface area contributed by atoms with E-state index in [1.54, 1.807) is 24.3 Å². The van der Waals surface area contributed by atoms with Crippen LogP contribution in [0.2, 0.25) is 10.2 Å². The van der Waals surface area contributed by atoms with E-state index in [1.807, 2.05) is 24.8 Å². The largest absolute Gasteiger partial charge is 0.322 e. The number of allylic oxidation sites excluding steroid dienone is 2. The minimum absolute atomic E-state index is 0.187. The molecule has 1 N–H and O–H groups in total. The predicted molar refractivity (Wildman–Crippen MR) is 118 cm³/mol. The van der Waals surface area contributed by atoms with Gasteiger partial charge < -0.3 is 10.2 Å². The van der Waals surface area contributed by atoms with E-state index in [-0.39, 0.29) is 27.6 Å². The lowest BCUT2D eigenvalue weighted by atomic mass is 9.95. The van der Waals surface area contributed by atoms with E-state index < -0.39 is 9.84 Å². The summed E-state index contributed by atoms with van der Waals surface area (Å²) in [5.74, 6) is -0.821. The number of carbonyl (C=O) groups is 1. The van der Waals surface area contributed by atoms with Crippen LogP contribution in [0, 0.1) is 5.92 Å². The monoisotopic (exact) mass is 463 g/mol. The molecule has 30 heavy (non-hydrogen) atoms. The summed E-state index contributed by atoms with van der Waals surface area (Å²) in [5.41, 5.74) is 2.67. The summed E-state index contributed by atoms with van der Waals surface area (Å²) in [6.07, 6.45) is 4.10. The van der Waals surface area contributed by atoms with E-state index >= 15 is 0 Å². The van der Waals surface area contributed by atoms with Gasteiger partial charge in [-0.25, -0.2) is 13.4 Å². The van der Waals surface area contributed by atoms with Crippen molar-refractivity contribution in [3.63, 3.8) is 0 Å². The molecule has 0 saturated carbocycles. The molecule has 1 aromatic heterocycles. The third-order valence-corrected chi connectivity index (χ3v) is 7.36. The SMILES string of the molecule is CC1=CCC(C)C(C(=O)Nc2ccnc(Cl)c2)=C2CS(=O)(=O)c3ccc(Cl)cc3N12. The molecular formula is C21H19Cl2N3O3S. The van der Waals surface area contributed by atoms with Gasteiger partial charge in [0.25, 0.3) is 5.91 Å². The van der Waals surface area contributed by atoms with Crippen molar-refractivity contribution < 1.29 is 13.2 Å². The van der Waals surface area contributed by atoms with Crippen molar-refractivity contribution in [3.05, 3.63) is 69.7 Å². The zero-order chi connectivity index (χ0) is 21.6. The fourth-order valence-corrected chi connectivity index (χ4v) is 5.76. The third-order valence-electron chi connectivity index (χ3n) is 5.25. The molecule has 1 unspecified atom stereocenters. The predicted octanol–water partition coefficient (Wildman–Crippen LogP) is 4.82. The molecule has 0 fully saturated rings. The van der Waals surface area contributed by atoms with Crippen molar-refractivity contribution in [1.29, 1.82) is 0 Å². The number of benzene rings is 1. The Labute approximate surface area is 185 Å². The first kappa shape index (κ1) is 20.9. The van der Waals surface area contributed by atoms with Crippen LogP contribution in [0.1, 0.15) is 20.3 Å². The number of rotatable bonds is 2. The number of hydrogen-bond acceptors (Lipinski definition) is 5. The van der Waals surface area contributed by atoms with Gasteiger partial charge in [-0.1, -0.05) is 36.2 Å². The topological polar surface area (TPSA) is 79.4 Å². The number of amides is 1. The Morgan fingerprint density at radius 3 is 2.73 bits per heavy atom. The van der Waals surface area contributed by atoms with Gasteiger partial charge in [-0.15, -0.1) is 0 Å². The summed E-state index contributed by atoms with van der Waals surface area (Å²) in [6, 6.07) is 7.88. The molecule has 0 bridgehead atoms. The van der Waals surface area contributed by atoms with Crippen LogP contribution in [-0.4, -0.2) is 25.1 Å². The van der Waals surface area contributed by atoms with Crippen LogP contribution in [0.15, 0.2) is 64.5 Å². The smallest absolute Gasteiger partial charge is 0.253 e. The Morgan fingerprint density at radius 1 is 1.23 bits per heavy atom. The molecular weight excluding hydrogens is 445 g/mol. The number of carbonyl (C=O) groups excluding carboxylic acids is 1. The second-order valence-electron chi connectivity index (χ2n) is 7.37. The van der Waals surface area contributed by atoms with Gasteiger partial charge in [-0.3, -0.25) is 4.79 Å². The van der Waals surface area contributed by atoms with Crippen LogP contribution in [0.25, 0.3) is 0 Å². The lowest BCUT2D eigenvalue weighted by Gasteiger charge is -2.35. The van der Waals surface area contributed by atoms with E-state index in [0.29, 0.717) is 34.1 Å². The van der Waals surface area contributed by atoms with Crippen LogP contribution in [0.5, 0.6) is 0 Å². The lowest BCUT2D eigenvalue weighted by molar-refractivity contribution is -0.113. The maximum atomic E-state index is 13.3.